The average Bonchev–Trinajstić information content (AvgIpc) is 2.99. The quantitative estimate of drug-likeness (QED) is 0.451. The molecule has 0 bridgehead atoms. The second kappa shape index (κ2) is 10.3. The summed E-state index contributed by atoms with van der Waals surface area (Å²) in [4.78, 5) is 42.0. The van der Waals surface area contributed by atoms with Crippen molar-refractivity contribution >= 4 is 17.7 Å². The fourth-order valence-electron chi connectivity index (χ4n) is 3.66. The molecule has 31 heavy (non-hydrogen) atoms. The minimum atomic E-state index is -0.506. The summed E-state index contributed by atoms with van der Waals surface area (Å²) in [6.07, 6.45) is 0. The SMILES string of the molecule is CCn1c(C)c(C(=O)CN(CCN(C)C)C(=O)c2ccc(F)cc2)c(C)c1C(=O)OC. The number of hydrogen-bond acceptors (Lipinski definition) is 5. The zero-order valence-electron chi connectivity index (χ0n) is 19.0. The second-order valence-corrected chi connectivity index (χ2v) is 7.63. The monoisotopic (exact) mass is 431 g/mol. The van der Waals surface area contributed by atoms with Crippen LogP contribution in [0, 0.1) is 19.7 Å². The number of methoxy groups -OCH3 is 1. The van der Waals surface area contributed by atoms with E-state index in [1.807, 2.05) is 25.9 Å². The van der Waals surface area contributed by atoms with Gasteiger partial charge in [0, 0.05) is 36.5 Å². The maximum atomic E-state index is 13.3. The summed E-state index contributed by atoms with van der Waals surface area (Å²) >= 11 is 0. The molecule has 0 aliphatic heterocycles. The van der Waals surface area contributed by atoms with Crippen LogP contribution in [-0.2, 0) is 11.3 Å². The number of ether oxygens (including phenoxy) is 1. The molecule has 1 heterocycles. The molecule has 0 aliphatic rings. The Bertz CT molecular complexity index is 964. The van der Waals surface area contributed by atoms with Crippen LogP contribution in [0.1, 0.15) is 49.4 Å². The fraction of sp³-hybridized carbons (Fsp3) is 0.435. The molecular weight excluding hydrogens is 401 g/mol. The van der Waals surface area contributed by atoms with Crippen molar-refractivity contribution in [3.8, 4) is 0 Å². The molecule has 168 valence electrons. The topological polar surface area (TPSA) is 71.9 Å². The number of hydrogen-bond donors (Lipinski definition) is 0. The summed E-state index contributed by atoms with van der Waals surface area (Å²) in [5.74, 6) is -1.56. The van der Waals surface area contributed by atoms with Crippen molar-refractivity contribution in [2.24, 2.45) is 0 Å². The molecule has 0 fully saturated rings. The number of halogens is 1. The molecule has 0 radical (unpaired) electrons. The van der Waals surface area contributed by atoms with E-state index in [1.165, 1.54) is 36.3 Å². The van der Waals surface area contributed by atoms with E-state index in [2.05, 4.69) is 0 Å². The molecule has 0 aliphatic carbocycles. The number of amides is 1. The number of likely N-dealkylation sites (N-methyl/N-ethyl adjacent to an activating group) is 1. The largest absolute Gasteiger partial charge is 0.464 e. The molecule has 0 saturated heterocycles. The van der Waals surface area contributed by atoms with E-state index in [1.54, 1.807) is 18.4 Å². The van der Waals surface area contributed by atoms with Crippen LogP contribution in [0.2, 0.25) is 0 Å². The Morgan fingerprint density at radius 2 is 1.68 bits per heavy atom. The van der Waals surface area contributed by atoms with Gasteiger partial charge in [0.05, 0.1) is 13.7 Å². The first-order valence-corrected chi connectivity index (χ1v) is 10.1. The molecule has 0 unspecified atom stereocenters. The molecular formula is C23H30FN3O4. The van der Waals surface area contributed by atoms with Gasteiger partial charge < -0.3 is 19.1 Å². The molecule has 1 aromatic heterocycles. The first kappa shape index (κ1) is 24.3. The molecule has 2 rings (SSSR count). The minimum absolute atomic E-state index is 0.153. The van der Waals surface area contributed by atoms with E-state index in [0.717, 1.165) is 0 Å². The van der Waals surface area contributed by atoms with Gasteiger partial charge in [-0.3, -0.25) is 9.59 Å². The van der Waals surface area contributed by atoms with Crippen LogP contribution in [0.3, 0.4) is 0 Å². The summed E-state index contributed by atoms with van der Waals surface area (Å²) in [5.41, 5.74) is 2.27. The Kier molecular flexibility index (Phi) is 8.10. The van der Waals surface area contributed by atoms with E-state index in [-0.39, 0.29) is 18.2 Å². The highest BCUT2D eigenvalue weighted by molar-refractivity contribution is 6.06. The molecule has 7 nitrogen and oxygen atoms in total. The van der Waals surface area contributed by atoms with Gasteiger partial charge in [0.2, 0.25) is 0 Å². The summed E-state index contributed by atoms with van der Waals surface area (Å²) in [6.45, 7) is 6.61. The molecule has 1 amide bonds. The Morgan fingerprint density at radius 3 is 2.19 bits per heavy atom. The number of ketones is 1. The molecule has 0 spiro atoms. The smallest absolute Gasteiger partial charge is 0.354 e. The fourth-order valence-corrected chi connectivity index (χ4v) is 3.66. The van der Waals surface area contributed by atoms with Crippen molar-refractivity contribution in [2.45, 2.75) is 27.3 Å². The van der Waals surface area contributed by atoms with Crippen molar-refractivity contribution in [3.63, 3.8) is 0 Å². The Morgan fingerprint density at radius 1 is 1.06 bits per heavy atom. The number of nitrogens with zero attached hydrogens (tertiary/aromatic N) is 3. The van der Waals surface area contributed by atoms with Gasteiger partial charge in [-0.1, -0.05) is 0 Å². The highest BCUT2D eigenvalue weighted by Gasteiger charge is 2.28. The van der Waals surface area contributed by atoms with Crippen molar-refractivity contribution in [3.05, 3.63) is 58.2 Å². The predicted octanol–water partition coefficient (Wildman–Crippen LogP) is 2.94. The van der Waals surface area contributed by atoms with Crippen molar-refractivity contribution in [1.82, 2.24) is 14.4 Å². The lowest BCUT2D eigenvalue weighted by atomic mass is 10.0. The molecule has 1 aromatic carbocycles. The van der Waals surface area contributed by atoms with Gasteiger partial charge in [-0.15, -0.1) is 0 Å². The number of rotatable bonds is 9. The van der Waals surface area contributed by atoms with Gasteiger partial charge >= 0.3 is 5.97 Å². The van der Waals surface area contributed by atoms with E-state index < -0.39 is 11.8 Å². The van der Waals surface area contributed by atoms with Crippen LogP contribution in [0.25, 0.3) is 0 Å². The number of Topliss-reactive ketones (excluding diaryl/α,β-unsaturated/α-hetero) is 1. The molecule has 0 N–H and O–H groups in total. The standard InChI is InChI=1S/C23H30FN3O4/c1-7-27-16(3)20(15(2)21(27)23(30)31-6)19(28)14-26(13-12-25(4)5)22(29)17-8-10-18(24)11-9-17/h8-11H,7,12-14H2,1-6H3. The average molecular weight is 432 g/mol. The normalized spacial score (nSPS) is 11.0. The van der Waals surface area contributed by atoms with Crippen molar-refractivity contribution in [1.29, 1.82) is 0 Å². The predicted molar refractivity (Wildman–Crippen MR) is 116 cm³/mol. The van der Waals surface area contributed by atoms with Gasteiger partial charge in [0.1, 0.15) is 11.5 Å². The lowest BCUT2D eigenvalue weighted by Gasteiger charge is -2.24. The van der Waals surface area contributed by atoms with Crippen LogP contribution < -0.4 is 0 Å². The first-order valence-electron chi connectivity index (χ1n) is 10.1. The van der Waals surface area contributed by atoms with E-state index >= 15 is 0 Å². The zero-order chi connectivity index (χ0) is 23.3. The van der Waals surface area contributed by atoms with Crippen LogP contribution in [0.15, 0.2) is 24.3 Å². The van der Waals surface area contributed by atoms with Gasteiger partial charge in [0.15, 0.2) is 5.78 Å². The Labute approximate surface area is 182 Å². The number of benzene rings is 1. The van der Waals surface area contributed by atoms with Crippen molar-refractivity contribution in [2.75, 3.05) is 40.8 Å². The lowest BCUT2D eigenvalue weighted by Crippen LogP contribution is -2.40. The Hall–Kier alpha value is -3.00. The number of esters is 1. The minimum Gasteiger partial charge on any atom is -0.464 e. The molecule has 0 saturated carbocycles. The first-order chi connectivity index (χ1) is 14.6. The molecule has 0 atom stereocenters. The van der Waals surface area contributed by atoms with Crippen molar-refractivity contribution < 1.29 is 23.5 Å². The van der Waals surface area contributed by atoms with Gasteiger partial charge in [-0.05, 0) is 64.7 Å². The van der Waals surface area contributed by atoms with Gasteiger partial charge in [0.25, 0.3) is 5.91 Å². The van der Waals surface area contributed by atoms with E-state index in [0.29, 0.717) is 47.7 Å². The third-order valence-corrected chi connectivity index (χ3v) is 5.27. The third-order valence-electron chi connectivity index (χ3n) is 5.27. The summed E-state index contributed by atoms with van der Waals surface area (Å²) < 4.78 is 19.9. The van der Waals surface area contributed by atoms with E-state index in [4.69, 9.17) is 4.74 Å². The molecule has 8 heteroatoms. The summed E-state index contributed by atoms with van der Waals surface area (Å²) in [7, 11) is 5.05. The number of aromatic nitrogens is 1. The second-order valence-electron chi connectivity index (χ2n) is 7.63. The third kappa shape index (κ3) is 5.38. The van der Waals surface area contributed by atoms with Gasteiger partial charge in [-0.25, -0.2) is 9.18 Å². The summed E-state index contributed by atoms with van der Waals surface area (Å²) in [6, 6.07) is 5.25. The number of carbonyl (C=O) groups excluding carboxylic acids is 3. The maximum Gasteiger partial charge on any atom is 0.354 e. The van der Waals surface area contributed by atoms with Crippen LogP contribution >= 0.6 is 0 Å². The van der Waals surface area contributed by atoms with Crippen LogP contribution in [0.5, 0.6) is 0 Å². The van der Waals surface area contributed by atoms with Crippen LogP contribution in [-0.4, -0.2) is 72.9 Å². The lowest BCUT2D eigenvalue weighted by molar-refractivity contribution is 0.0587. The number of carbonyl (C=O) groups is 3. The maximum absolute atomic E-state index is 13.3. The van der Waals surface area contributed by atoms with Gasteiger partial charge in [-0.2, -0.15) is 0 Å². The zero-order valence-corrected chi connectivity index (χ0v) is 19.0. The Balaban J connectivity index is 2.39. The molecule has 2 aromatic rings. The van der Waals surface area contributed by atoms with Crippen LogP contribution in [0.4, 0.5) is 4.39 Å². The highest BCUT2D eigenvalue weighted by Crippen LogP contribution is 2.24. The highest BCUT2D eigenvalue weighted by atomic mass is 19.1. The summed E-state index contributed by atoms with van der Waals surface area (Å²) in [5, 5.41) is 0. The van der Waals surface area contributed by atoms with E-state index in [9.17, 15) is 18.8 Å².